The summed E-state index contributed by atoms with van der Waals surface area (Å²) in [6.45, 7) is 4.48. The summed E-state index contributed by atoms with van der Waals surface area (Å²) in [4.78, 5) is 9.25. The molecule has 1 aliphatic rings. The molecular formula is C29H41N3. The average Bonchev–Trinajstić information content (AvgIpc) is 2.85. The van der Waals surface area contributed by atoms with Gasteiger partial charge in [0, 0.05) is 18.0 Å². The van der Waals surface area contributed by atoms with Gasteiger partial charge >= 0.3 is 0 Å². The number of unbranched alkanes of at least 4 members (excludes halogenated alkanes) is 6. The maximum absolute atomic E-state index is 9.80. The Balaban J connectivity index is 1.51. The van der Waals surface area contributed by atoms with Gasteiger partial charge in [0.05, 0.1) is 11.5 Å². The number of rotatable bonds is 12. The average molecular weight is 432 g/mol. The van der Waals surface area contributed by atoms with Crippen molar-refractivity contribution in [1.29, 1.82) is 5.26 Å². The molecule has 3 nitrogen and oxygen atoms in total. The van der Waals surface area contributed by atoms with E-state index in [1.807, 2.05) is 12.4 Å². The van der Waals surface area contributed by atoms with E-state index in [-0.39, 0.29) is 5.41 Å². The lowest BCUT2D eigenvalue weighted by molar-refractivity contribution is 0.223. The minimum Gasteiger partial charge on any atom is -0.236 e. The summed E-state index contributed by atoms with van der Waals surface area (Å²) in [6, 6.07) is 11.5. The molecule has 1 aliphatic carbocycles. The van der Waals surface area contributed by atoms with Crippen molar-refractivity contribution in [3.63, 3.8) is 0 Å². The first-order valence-corrected chi connectivity index (χ1v) is 13.0. The zero-order chi connectivity index (χ0) is 22.7. The maximum Gasteiger partial charge on any atom is 0.159 e. The van der Waals surface area contributed by atoms with Gasteiger partial charge in [-0.05, 0) is 62.0 Å². The lowest BCUT2D eigenvalue weighted by Gasteiger charge is -2.35. The fourth-order valence-electron chi connectivity index (χ4n) is 5.10. The number of aromatic nitrogens is 2. The van der Waals surface area contributed by atoms with Gasteiger partial charge in [-0.25, -0.2) is 9.97 Å². The molecule has 0 atom stereocenters. The van der Waals surface area contributed by atoms with Crippen molar-refractivity contribution in [2.75, 3.05) is 0 Å². The predicted octanol–water partition coefficient (Wildman–Crippen LogP) is 8.40. The van der Waals surface area contributed by atoms with Crippen molar-refractivity contribution >= 4 is 0 Å². The minimum atomic E-state index is -0.0722. The summed E-state index contributed by atoms with van der Waals surface area (Å²) < 4.78 is 0. The highest BCUT2D eigenvalue weighted by molar-refractivity contribution is 5.55. The maximum atomic E-state index is 9.80. The van der Waals surface area contributed by atoms with E-state index in [9.17, 15) is 5.26 Å². The van der Waals surface area contributed by atoms with Crippen molar-refractivity contribution < 1.29 is 0 Å². The molecule has 0 spiro atoms. The molecule has 0 N–H and O–H groups in total. The highest BCUT2D eigenvalue weighted by Gasteiger charge is 2.35. The largest absolute Gasteiger partial charge is 0.236 e. The molecule has 1 saturated carbocycles. The van der Waals surface area contributed by atoms with Crippen LogP contribution in [0.1, 0.15) is 114 Å². The van der Waals surface area contributed by atoms with Gasteiger partial charge in [-0.3, -0.25) is 0 Å². The van der Waals surface area contributed by atoms with Crippen LogP contribution in [0, 0.1) is 16.7 Å². The molecule has 2 aromatic rings. The molecule has 1 fully saturated rings. The third-order valence-corrected chi connectivity index (χ3v) is 7.35. The van der Waals surface area contributed by atoms with Gasteiger partial charge in [-0.2, -0.15) is 5.26 Å². The van der Waals surface area contributed by atoms with Crippen molar-refractivity contribution in [3.05, 3.63) is 47.8 Å². The Morgan fingerprint density at radius 3 is 2.12 bits per heavy atom. The lowest BCUT2D eigenvalue weighted by Crippen LogP contribution is -2.25. The van der Waals surface area contributed by atoms with E-state index in [0.29, 0.717) is 5.92 Å². The molecule has 0 bridgehead atoms. The van der Waals surface area contributed by atoms with Crippen LogP contribution in [0.4, 0.5) is 0 Å². The summed E-state index contributed by atoms with van der Waals surface area (Å²) in [5, 5.41) is 9.80. The van der Waals surface area contributed by atoms with Gasteiger partial charge in [-0.15, -0.1) is 0 Å². The summed E-state index contributed by atoms with van der Waals surface area (Å²) >= 11 is 0. The standard InChI is InChI=1S/C29H41N3/c1-3-5-7-8-9-11-24-21-31-28(32-22-24)27-14-12-25(13-15-27)26-16-19-29(23-30,20-17-26)18-10-6-4-2/h12-15,21-22,26H,3-11,16-20H2,1-2H3/t26-,29-. The second-order valence-corrected chi connectivity index (χ2v) is 9.82. The summed E-state index contributed by atoms with van der Waals surface area (Å²) in [5.74, 6) is 1.39. The topological polar surface area (TPSA) is 49.6 Å². The fraction of sp³-hybridized carbons (Fsp3) is 0.621. The number of aryl methyl sites for hydroxylation is 1. The fourth-order valence-corrected chi connectivity index (χ4v) is 5.10. The van der Waals surface area contributed by atoms with E-state index in [1.54, 1.807) is 0 Å². The summed E-state index contributed by atoms with van der Waals surface area (Å²) in [5.41, 5.74) is 3.66. The molecule has 0 radical (unpaired) electrons. The first-order chi connectivity index (χ1) is 15.7. The van der Waals surface area contributed by atoms with E-state index in [0.717, 1.165) is 49.9 Å². The smallest absolute Gasteiger partial charge is 0.159 e. The van der Waals surface area contributed by atoms with Gasteiger partial charge < -0.3 is 0 Å². The molecule has 3 heteroatoms. The molecule has 32 heavy (non-hydrogen) atoms. The SMILES string of the molecule is CCCCCCCc1cnc(-c2ccc([C@H]3CC[C@@](C#N)(CCCCC)CC3)cc2)nc1. The molecule has 1 aromatic heterocycles. The van der Waals surface area contributed by atoms with E-state index in [4.69, 9.17) is 0 Å². The highest BCUT2D eigenvalue weighted by Crippen LogP contribution is 2.45. The number of hydrogen-bond donors (Lipinski definition) is 0. The van der Waals surface area contributed by atoms with Gasteiger partial charge in [0.1, 0.15) is 0 Å². The Morgan fingerprint density at radius 1 is 0.875 bits per heavy atom. The van der Waals surface area contributed by atoms with E-state index in [2.05, 4.69) is 54.2 Å². The summed E-state index contributed by atoms with van der Waals surface area (Å²) in [7, 11) is 0. The van der Waals surface area contributed by atoms with Crippen LogP contribution in [-0.4, -0.2) is 9.97 Å². The molecule has 1 heterocycles. The van der Waals surface area contributed by atoms with Crippen molar-refractivity contribution in [2.24, 2.45) is 5.41 Å². The number of hydrogen-bond acceptors (Lipinski definition) is 3. The monoisotopic (exact) mass is 431 g/mol. The van der Waals surface area contributed by atoms with Crippen LogP contribution >= 0.6 is 0 Å². The summed E-state index contributed by atoms with van der Waals surface area (Å²) in [6.07, 6.45) is 20.6. The van der Waals surface area contributed by atoms with Crippen molar-refractivity contribution in [1.82, 2.24) is 9.97 Å². The Hall–Kier alpha value is -2.21. The van der Waals surface area contributed by atoms with Crippen LogP contribution in [0.25, 0.3) is 11.4 Å². The first-order valence-electron chi connectivity index (χ1n) is 13.0. The zero-order valence-corrected chi connectivity index (χ0v) is 20.3. The van der Waals surface area contributed by atoms with Crippen LogP contribution in [0.2, 0.25) is 0 Å². The van der Waals surface area contributed by atoms with Crippen LogP contribution in [0.15, 0.2) is 36.7 Å². The van der Waals surface area contributed by atoms with Gasteiger partial charge in [0.2, 0.25) is 0 Å². The second kappa shape index (κ2) is 12.7. The lowest BCUT2D eigenvalue weighted by atomic mass is 9.67. The molecule has 0 amide bonds. The Bertz CT molecular complexity index is 824. The molecule has 0 saturated heterocycles. The van der Waals surface area contributed by atoms with Crippen LogP contribution in [-0.2, 0) is 6.42 Å². The quantitative estimate of drug-likeness (QED) is 0.317. The molecule has 172 valence electrons. The third kappa shape index (κ3) is 6.89. The highest BCUT2D eigenvalue weighted by atomic mass is 14.9. The number of nitrogens with zero attached hydrogens (tertiary/aromatic N) is 3. The van der Waals surface area contributed by atoms with Crippen molar-refractivity contribution in [3.8, 4) is 17.5 Å². The molecule has 0 unspecified atom stereocenters. The van der Waals surface area contributed by atoms with E-state index < -0.39 is 0 Å². The second-order valence-electron chi connectivity index (χ2n) is 9.82. The predicted molar refractivity (Wildman–Crippen MR) is 133 cm³/mol. The Kier molecular flexibility index (Phi) is 9.72. The number of benzene rings is 1. The van der Waals surface area contributed by atoms with Crippen LogP contribution in [0.3, 0.4) is 0 Å². The van der Waals surface area contributed by atoms with Crippen LogP contribution in [0.5, 0.6) is 0 Å². The first kappa shape index (κ1) is 24.4. The molecule has 1 aromatic carbocycles. The van der Waals surface area contributed by atoms with E-state index >= 15 is 0 Å². The minimum absolute atomic E-state index is 0.0722. The molecule has 3 rings (SSSR count). The van der Waals surface area contributed by atoms with Gasteiger partial charge in [-0.1, -0.05) is 83.1 Å². The van der Waals surface area contributed by atoms with Crippen LogP contribution < -0.4 is 0 Å². The Labute approximate surface area is 195 Å². The van der Waals surface area contributed by atoms with E-state index in [1.165, 1.54) is 62.5 Å². The number of nitriles is 1. The van der Waals surface area contributed by atoms with Gasteiger partial charge in [0.15, 0.2) is 5.82 Å². The normalized spacial score (nSPS) is 20.7. The third-order valence-electron chi connectivity index (χ3n) is 7.35. The Morgan fingerprint density at radius 2 is 1.50 bits per heavy atom. The molecular weight excluding hydrogens is 390 g/mol. The van der Waals surface area contributed by atoms with Crippen molar-refractivity contribution in [2.45, 2.75) is 110 Å². The van der Waals surface area contributed by atoms with Gasteiger partial charge in [0.25, 0.3) is 0 Å². The zero-order valence-electron chi connectivity index (χ0n) is 20.3. The molecule has 0 aliphatic heterocycles.